The van der Waals surface area contributed by atoms with Crippen LogP contribution in [0.3, 0.4) is 0 Å². The molecule has 0 bridgehead atoms. The van der Waals surface area contributed by atoms with Crippen LogP contribution in [-0.2, 0) is 23.1 Å². The molecule has 1 aliphatic heterocycles. The highest BCUT2D eigenvalue weighted by Gasteiger charge is 2.25. The van der Waals surface area contributed by atoms with E-state index in [0.29, 0.717) is 24.0 Å². The van der Waals surface area contributed by atoms with Crippen LogP contribution >= 0.6 is 0 Å². The van der Waals surface area contributed by atoms with Gasteiger partial charge in [-0.15, -0.1) is 0 Å². The van der Waals surface area contributed by atoms with Crippen molar-refractivity contribution >= 4 is 38.4 Å². The van der Waals surface area contributed by atoms with E-state index in [0.717, 1.165) is 54.5 Å². The highest BCUT2D eigenvalue weighted by atomic mass is 32.2. The number of likely N-dealkylation sites (tertiary alicyclic amines) is 1. The zero-order valence-corrected chi connectivity index (χ0v) is 24.3. The molecule has 9 nitrogen and oxygen atoms in total. The molecular formula is C32H32FN7O2S. The molecule has 0 atom stereocenters. The summed E-state index contributed by atoms with van der Waals surface area (Å²) in [6, 6.07) is 24.7. The molecule has 6 rings (SSSR count). The Morgan fingerprint density at radius 2 is 1.65 bits per heavy atom. The molecule has 3 heterocycles. The van der Waals surface area contributed by atoms with Gasteiger partial charge in [-0.2, -0.15) is 4.98 Å². The third kappa shape index (κ3) is 7.50. The standard InChI is InChI=1S/C32H32FN7O2S/c33-26-7-9-27(10-8-26)37-31-13-16-34-32(38-31)36-20-23-5-11-29(12-6-23)43(41,42)39-28-14-17-40(18-15-28)22-24-19-25-3-1-2-4-30(25)35-21-24/h1-13,16,19,21,28,39H,14-15,17-18,20,22H2,(H2,34,36,37,38). The van der Waals surface area contributed by atoms with Crippen molar-refractivity contribution in [2.24, 2.45) is 0 Å². The highest BCUT2D eigenvalue weighted by Crippen LogP contribution is 2.20. The van der Waals surface area contributed by atoms with Crippen molar-refractivity contribution in [3.63, 3.8) is 0 Å². The first-order chi connectivity index (χ1) is 20.9. The van der Waals surface area contributed by atoms with Crippen LogP contribution in [0, 0.1) is 5.82 Å². The molecule has 11 heteroatoms. The number of halogens is 1. The van der Waals surface area contributed by atoms with Crippen LogP contribution in [0.1, 0.15) is 24.0 Å². The lowest BCUT2D eigenvalue weighted by Gasteiger charge is -2.32. The average molecular weight is 598 g/mol. The second-order valence-electron chi connectivity index (χ2n) is 10.6. The van der Waals surface area contributed by atoms with Crippen molar-refractivity contribution in [1.82, 2.24) is 24.6 Å². The topological polar surface area (TPSA) is 112 Å². The Morgan fingerprint density at radius 3 is 2.44 bits per heavy atom. The number of nitrogens with zero attached hydrogens (tertiary/aromatic N) is 4. The molecule has 43 heavy (non-hydrogen) atoms. The first-order valence-corrected chi connectivity index (χ1v) is 15.6. The van der Waals surface area contributed by atoms with Gasteiger partial charge in [0.05, 0.1) is 10.4 Å². The summed E-state index contributed by atoms with van der Waals surface area (Å²) in [5.74, 6) is 0.666. The maximum Gasteiger partial charge on any atom is 0.240 e. The fraction of sp³-hybridized carbons (Fsp3) is 0.219. The van der Waals surface area contributed by atoms with Gasteiger partial charge in [0, 0.05) is 55.7 Å². The van der Waals surface area contributed by atoms with Gasteiger partial charge in [0.2, 0.25) is 16.0 Å². The maximum absolute atomic E-state index is 13.2. The SMILES string of the molecule is O=S(=O)(NC1CCN(Cc2cnc3ccccc3c2)CC1)c1ccc(CNc2nccc(Nc3ccc(F)cc3)n2)cc1. The van der Waals surface area contributed by atoms with Gasteiger partial charge in [-0.25, -0.2) is 22.5 Å². The Bertz CT molecular complexity index is 1790. The van der Waals surface area contributed by atoms with Crippen LogP contribution in [0.5, 0.6) is 0 Å². The first-order valence-electron chi connectivity index (χ1n) is 14.2. The third-order valence-electron chi connectivity index (χ3n) is 7.42. The number of piperidine rings is 1. The molecule has 5 aromatic rings. The van der Waals surface area contributed by atoms with Crippen LogP contribution in [0.2, 0.25) is 0 Å². The van der Waals surface area contributed by atoms with Gasteiger partial charge < -0.3 is 10.6 Å². The van der Waals surface area contributed by atoms with Crippen molar-refractivity contribution in [3.05, 3.63) is 114 Å². The largest absolute Gasteiger partial charge is 0.350 e. The zero-order chi connectivity index (χ0) is 29.6. The van der Waals surface area contributed by atoms with Crippen LogP contribution in [-0.4, -0.2) is 47.4 Å². The molecule has 2 aromatic heterocycles. The Morgan fingerprint density at radius 1 is 0.884 bits per heavy atom. The van der Waals surface area contributed by atoms with E-state index in [1.54, 1.807) is 48.7 Å². The minimum Gasteiger partial charge on any atom is -0.350 e. The summed E-state index contributed by atoms with van der Waals surface area (Å²) >= 11 is 0. The number of hydrogen-bond acceptors (Lipinski definition) is 8. The smallest absolute Gasteiger partial charge is 0.240 e. The average Bonchev–Trinajstić information content (AvgIpc) is 3.02. The molecule has 1 saturated heterocycles. The zero-order valence-electron chi connectivity index (χ0n) is 23.4. The second kappa shape index (κ2) is 12.8. The van der Waals surface area contributed by atoms with E-state index >= 15 is 0 Å². The molecule has 0 radical (unpaired) electrons. The molecule has 0 amide bonds. The summed E-state index contributed by atoms with van der Waals surface area (Å²) in [4.78, 5) is 15.8. The lowest BCUT2D eigenvalue weighted by atomic mass is 10.1. The minimum absolute atomic E-state index is 0.106. The van der Waals surface area contributed by atoms with Gasteiger partial charge >= 0.3 is 0 Å². The lowest BCUT2D eigenvalue weighted by Crippen LogP contribution is -2.44. The van der Waals surface area contributed by atoms with Crippen molar-refractivity contribution < 1.29 is 12.8 Å². The molecule has 220 valence electrons. The number of fused-ring (bicyclic) bond motifs is 1. The molecule has 0 unspecified atom stereocenters. The molecule has 3 aromatic carbocycles. The van der Waals surface area contributed by atoms with Gasteiger partial charge in [-0.1, -0.05) is 30.3 Å². The van der Waals surface area contributed by atoms with E-state index < -0.39 is 10.0 Å². The number of nitrogens with one attached hydrogen (secondary N) is 3. The predicted octanol–water partition coefficient (Wildman–Crippen LogP) is 5.46. The molecule has 0 saturated carbocycles. The Labute approximate surface area is 250 Å². The fourth-order valence-electron chi connectivity index (χ4n) is 5.12. The van der Waals surface area contributed by atoms with Gasteiger partial charge in [0.25, 0.3) is 0 Å². The van der Waals surface area contributed by atoms with E-state index in [-0.39, 0.29) is 16.8 Å². The second-order valence-corrected chi connectivity index (χ2v) is 12.3. The number of para-hydroxylation sites is 1. The number of rotatable bonds is 10. The number of anilines is 3. The Hall–Kier alpha value is -4.45. The highest BCUT2D eigenvalue weighted by molar-refractivity contribution is 7.89. The first kappa shape index (κ1) is 28.7. The van der Waals surface area contributed by atoms with E-state index in [1.165, 1.54) is 12.1 Å². The van der Waals surface area contributed by atoms with Gasteiger partial charge in [-0.05, 0) is 78.6 Å². The van der Waals surface area contributed by atoms with E-state index in [2.05, 4.69) is 47.3 Å². The number of sulfonamides is 1. The quantitative estimate of drug-likeness (QED) is 0.195. The summed E-state index contributed by atoms with van der Waals surface area (Å²) in [5.41, 5.74) is 3.74. The van der Waals surface area contributed by atoms with Gasteiger partial charge in [-0.3, -0.25) is 9.88 Å². The van der Waals surface area contributed by atoms with Crippen molar-refractivity contribution in [1.29, 1.82) is 0 Å². The Kier molecular flexibility index (Phi) is 8.55. The van der Waals surface area contributed by atoms with Crippen molar-refractivity contribution in [2.75, 3.05) is 23.7 Å². The summed E-state index contributed by atoms with van der Waals surface area (Å²) in [6.07, 6.45) is 5.04. The number of hydrogen-bond donors (Lipinski definition) is 3. The molecule has 1 aliphatic rings. The number of aromatic nitrogens is 3. The fourth-order valence-corrected chi connectivity index (χ4v) is 6.42. The van der Waals surface area contributed by atoms with Gasteiger partial charge in [0.1, 0.15) is 11.6 Å². The molecule has 0 aliphatic carbocycles. The van der Waals surface area contributed by atoms with Gasteiger partial charge in [0.15, 0.2) is 0 Å². The van der Waals surface area contributed by atoms with E-state index in [4.69, 9.17) is 0 Å². The summed E-state index contributed by atoms with van der Waals surface area (Å²) in [5, 5.41) is 7.39. The number of benzene rings is 3. The van der Waals surface area contributed by atoms with Crippen molar-refractivity contribution in [3.8, 4) is 0 Å². The summed E-state index contributed by atoms with van der Waals surface area (Å²) in [7, 11) is -3.64. The van der Waals surface area contributed by atoms with Crippen LogP contribution in [0.15, 0.2) is 102 Å². The maximum atomic E-state index is 13.2. The third-order valence-corrected chi connectivity index (χ3v) is 8.96. The predicted molar refractivity (Wildman–Crippen MR) is 166 cm³/mol. The summed E-state index contributed by atoms with van der Waals surface area (Å²) < 4.78 is 42.2. The van der Waals surface area contributed by atoms with Crippen LogP contribution < -0.4 is 15.4 Å². The van der Waals surface area contributed by atoms with Crippen LogP contribution in [0.25, 0.3) is 10.9 Å². The van der Waals surface area contributed by atoms with E-state index in [9.17, 15) is 12.8 Å². The Balaban J connectivity index is 0.984. The molecule has 0 spiro atoms. The molecular weight excluding hydrogens is 565 g/mol. The number of pyridine rings is 1. The molecule has 3 N–H and O–H groups in total. The van der Waals surface area contributed by atoms with E-state index in [1.807, 2.05) is 24.4 Å². The molecule has 1 fully saturated rings. The minimum atomic E-state index is -3.64. The lowest BCUT2D eigenvalue weighted by molar-refractivity contribution is 0.200. The summed E-state index contributed by atoms with van der Waals surface area (Å²) in [6.45, 7) is 2.84. The normalized spacial score (nSPS) is 14.5. The van der Waals surface area contributed by atoms with Crippen molar-refractivity contribution in [2.45, 2.75) is 36.9 Å². The monoisotopic (exact) mass is 597 g/mol. The van der Waals surface area contributed by atoms with Crippen LogP contribution in [0.4, 0.5) is 21.8 Å².